The number of carbonyl (C=O) groups is 1. The second-order valence-corrected chi connectivity index (χ2v) is 8.28. The average molecular weight is 534 g/mol. The lowest BCUT2D eigenvalue weighted by Gasteiger charge is -2.10. The van der Waals surface area contributed by atoms with Gasteiger partial charge in [-0.3, -0.25) is 9.36 Å². The van der Waals surface area contributed by atoms with Crippen molar-refractivity contribution in [3.8, 4) is 5.82 Å². The Kier molecular flexibility index (Phi) is 7.78. The third-order valence-electron chi connectivity index (χ3n) is 5.16. The summed E-state index contributed by atoms with van der Waals surface area (Å²) >= 11 is 12.1. The van der Waals surface area contributed by atoms with Crippen LogP contribution in [-0.4, -0.2) is 25.2 Å². The maximum absolute atomic E-state index is 15.0. The number of anilines is 1. The van der Waals surface area contributed by atoms with Gasteiger partial charge in [-0.25, -0.2) is 18.6 Å². The lowest BCUT2D eigenvalue weighted by Crippen LogP contribution is -2.26. The molecule has 4 rings (SSSR count). The van der Waals surface area contributed by atoms with Gasteiger partial charge < -0.3 is 10.1 Å². The van der Waals surface area contributed by atoms with Gasteiger partial charge in [0.15, 0.2) is 17.5 Å². The molecular formula is C24H19Cl2F2N5O3. The Bertz CT molecular complexity index is 1450. The van der Waals surface area contributed by atoms with Crippen LogP contribution in [0.25, 0.3) is 5.82 Å². The van der Waals surface area contributed by atoms with E-state index in [0.717, 1.165) is 22.4 Å². The Morgan fingerprint density at radius 1 is 1.06 bits per heavy atom. The van der Waals surface area contributed by atoms with Crippen molar-refractivity contribution < 1.29 is 18.3 Å². The van der Waals surface area contributed by atoms with Crippen LogP contribution in [0.2, 0.25) is 10.2 Å². The number of amides is 1. The van der Waals surface area contributed by atoms with Gasteiger partial charge in [0.05, 0.1) is 22.9 Å². The molecule has 0 spiro atoms. The zero-order valence-electron chi connectivity index (χ0n) is 18.8. The summed E-state index contributed by atoms with van der Waals surface area (Å²) in [5.74, 6) is -3.00. The molecule has 0 aliphatic rings. The maximum Gasteiger partial charge on any atom is 0.352 e. The molecular weight excluding hydrogens is 515 g/mol. The topological polar surface area (TPSA) is 91.0 Å². The number of hydrogen-bond acceptors (Lipinski definition) is 5. The number of benzene rings is 2. The highest BCUT2D eigenvalue weighted by Gasteiger charge is 2.23. The molecule has 2 aromatic carbocycles. The highest BCUT2D eigenvalue weighted by Crippen LogP contribution is 2.27. The number of hydrogen-bond donors (Lipinski definition) is 1. The predicted molar refractivity (Wildman–Crippen MR) is 131 cm³/mol. The maximum atomic E-state index is 15.0. The molecule has 0 radical (unpaired) electrons. The summed E-state index contributed by atoms with van der Waals surface area (Å²) < 4.78 is 36.8. The Labute approximate surface area is 214 Å². The second-order valence-electron chi connectivity index (χ2n) is 7.52. The van der Waals surface area contributed by atoms with Crippen LogP contribution in [0.1, 0.15) is 28.7 Å². The summed E-state index contributed by atoms with van der Waals surface area (Å²) in [6.45, 7) is 2.26. The quantitative estimate of drug-likeness (QED) is 0.322. The molecule has 8 nitrogen and oxygen atoms in total. The molecule has 0 bridgehead atoms. The van der Waals surface area contributed by atoms with Crippen LogP contribution >= 0.6 is 23.2 Å². The minimum Gasteiger partial charge on any atom is -0.369 e. The summed E-state index contributed by atoms with van der Waals surface area (Å²) in [7, 11) is 0. The van der Waals surface area contributed by atoms with Crippen LogP contribution in [-0.2, 0) is 24.5 Å². The molecule has 0 unspecified atom stereocenters. The van der Waals surface area contributed by atoms with Gasteiger partial charge in [-0.2, -0.15) is 4.68 Å². The second kappa shape index (κ2) is 11.0. The number of pyridine rings is 1. The van der Waals surface area contributed by atoms with E-state index in [2.05, 4.69) is 15.4 Å². The van der Waals surface area contributed by atoms with E-state index in [1.807, 2.05) is 30.3 Å². The molecule has 0 saturated carbocycles. The number of ether oxygens (including phenoxy) is 1. The van der Waals surface area contributed by atoms with E-state index < -0.39 is 34.2 Å². The van der Waals surface area contributed by atoms with Gasteiger partial charge in [0.1, 0.15) is 17.6 Å². The Morgan fingerprint density at radius 2 is 1.81 bits per heavy atom. The number of para-hydroxylation sites is 1. The smallest absolute Gasteiger partial charge is 0.352 e. The monoisotopic (exact) mass is 533 g/mol. The Balaban J connectivity index is 1.59. The van der Waals surface area contributed by atoms with Gasteiger partial charge in [-0.05, 0) is 30.7 Å². The first kappa shape index (κ1) is 25.5. The van der Waals surface area contributed by atoms with E-state index in [0.29, 0.717) is 6.61 Å². The summed E-state index contributed by atoms with van der Waals surface area (Å²) in [6, 6.07) is 14.1. The van der Waals surface area contributed by atoms with Crippen LogP contribution in [0, 0.1) is 11.6 Å². The van der Waals surface area contributed by atoms with Crippen molar-refractivity contribution in [3.63, 3.8) is 0 Å². The molecule has 1 amide bonds. The zero-order valence-corrected chi connectivity index (χ0v) is 20.4. The van der Waals surface area contributed by atoms with E-state index >= 15 is 4.39 Å². The first-order chi connectivity index (χ1) is 17.3. The Morgan fingerprint density at radius 3 is 2.50 bits per heavy atom. The van der Waals surface area contributed by atoms with Crippen LogP contribution in [0.4, 0.5) is 14.5 Å². The van der Waals surface area contributed by atoms with E-state index in [4.69, 9.17) is 27.9 Å². The van der Waals surface area contributed by atoms with Gasteiger partial charge in [0.25, 0.3) is 5.91 Å². The summed E-state index contributed by atoms with van der Waals surface area (Å²) in [6.07, 6.45) is 0. The average Bonchev–Trinajstić information content (AvgIpc) is 3.18. The van der Waals surface area contributed by atoms with Gasteiger partial charge in [0.2, 0.25) is 0 Å². The van der Waals surface area contributed by atoms with E-state index in [-0.39, 0.29) is 35.2 Å². The van der Waals surface area contributed by atoms with Crippen molar-refractivity contribution in [1.29, 1.82) is 0 Å². The van der Waals surface area contributed by atoms with E-state index in [1.165, 1.54) is 16.7 Å². The third kappa shape index (κ3) is 5.30. The molecule has 12 heteroatoms. The lowest BCUT2D eigenvalue weighted by molar-refractivity contribution is 0.0989. The largest absolute Gasteiger partial charge is 0.369 e. The number of halogens is 4. The minimum atomic E-state index is -1.04. The van der Waals surface area contributed by atoms with Crippen LogP contribution < -0.4 is 11.0 Å². The van der Waals surface area contributed by atoms with Crippen molar-refractivity contribution in [2.75, 3.05) is 5.32 Å². The number of aromatic nitrogens is 4. The van der Waals surface area contributed by atoms with Crippen molar-refractivity contribution in [3.05, 3.63) is 104 Å². The fraction of sp³-hybridized carbons (Fsp3) is 0.167. The van der Waals surface area contributed by atoms with Gasteiger partial charge in [0, 0.05) is 6.54 Å². The molecule has 2 aromatic heterocycles. The predicted octanol–water partition coefficient (Wildman–Crippen LogP) is 5.00. The molecule has 0 saturated heterocycles. The molecule has 36 heavy (non-hydrogen) atoms. The SMILES string of the molecule is CCn1c(COCc2ccccc2)nn(-c2nc(Cl)c(C(=O)Nc3c(F)cccc3Cl)cc2F)c1=O. The molecule has 0 fully saturated rings. The highest BCUT2D eigenvalue weighted by atomic mass is 35.5. The summed E-state index contributed by atoms with van der Waals surface area (Å²) in [5.41, 5.74) is -0.393. The first-order valence-corrected chi connectivity index (χ1v) is 11.5. The fourth-order valence-electron chi connectivity index (χ4n) is 3.40. The fourth-order valence-corrected chi connectivity index (χ4v) is 3.83. The van der Waals surface area contributed by atoms with E-state index in [9.17, 15) is 14.0 Å². The van der Waals surface area contributed by atoms with Gasteiger partial charge >= 0.3 is 5.69 Å². The number of rotatable bonds is 8. The van der Waals surface area contributed by atoms with Crippen LogP contribution in [0.3, 0.4) is 0 Å². The highest BCUT2D eigenvalue weighted by molar-refractivity contribution is 6.35. The van der Waals surface area contributed by atoms with Crippen LogP contribution in [0.5, 0.6) is 0 Å². The molecule has 0 aliphatic heterocycles. The summed E-state index contributed by atoms with van der Waals surface area (Å²) in [5, 5.41) is 5.94. The van der Waals surface area contributed by atoms with Gasteiger partial charge in [-0.1, -0.05) is 59.6 Å². The lowest BCUT2D eigenvalue weighted by atomic mass is 10.2. The number of carbonyl (C=O) groups excluding carboxylic acids is 1. The molecule has 0 aliphatic carbocycles. The normalized spacial score (nSPS) is 11.0. The van der Waals surface area contributed by atoms with Crippen molar-refractivity contribution >= 4 is 34.8 Å². The zero-order chi connectivity index (χ0) is 25.8. The van der Waals surface area contributed by atoms with Gasteiger partial charge in [-0.15, -0.1) is 5.10 Å². The summed E-state index contributed by atoms with van der Waals surface area (Å²) in [4.78, 5) is 29.4. The van der Waals surface area contributed by atoms with Crippen molar-refractivity contribution in [1.82, 2.24) is 19.3 Å². The number of nitrogens with zero attached hydrogens (tertiary/aromatic N) is 4. The van der Waals surface area contributed by atoms with E-state index in [1.54, 1.807) is 6.92 Å². The Hall–Kier alpha value is -3.60. The molecule has 1 N–H and O–H groups in total. The minimum absolute atomic E-state index is 0.00971. The number of nitrogens with one attached hydrogen (secondary N) is 1. The molecule has 0 atom stereocenters. The molecule has 186 valence electrons. The van der Waals surface area contributed by atoms with Crippen molar-refractivity contribution in [2.45, 2.75) is 26.7 Å². The van der Waals surface area contributed by atoms with Crippen LogP contribution in [0.15, 0.2) is 59.4 Å². The standard InChI is InChI=1S/C24H19Cl2F2N5O3/c1-2-32-19(13-36-12-14-7-4-3-5-8-14)31-33(24(32)35)22-18(28)11-15(21(26)30-22)23(34)29-20-16(25)9-6-10-17(20)27/h3-11H,2,12-13H2,1H3,(H,29,34). The molecule has 2 heterocycles. The third-order valence-corrected chi connectivity index (χ3v) is 5.76. The molecule has 4 aromatic rings. The van der Waals surface area contributed by atoms with Crippen molar-refractivity contribution in [2.24, 2.45) is 0 Å². The first-order valence-electron chi connectivity index (χ1n) is 10.7.